The maximum Gasteiger partial charge on any atom is 0.371 e. The number of nitrogens with one attached hydrogen (secondary N) is 2. The summed E-state index contributed by atoms with van der Waals surface area (Å²) in [6, 6.07) is 4.12. The lowest BCUT2D eigenvalue weighted by Gasteiger charge is -2.04. The fraction of sp³-hybridized carbons (Fsp3) is 0.250. The van der Waals surface area contributed by atoms with Crippen LogP contribution in [0.5, 0.6) is 0 Å². The zero-order chi connectivity index (χ0) is 14.5. The molecule has 8 nitrogen and oxygen atoms in total. The van der Waals surface area contributed by atoms with Crippen molar-refractivity contribution in [3.05, 3.63) is 41.2 Å². The molecule has 2 amide bonds. The Hall–Kier alpha value is -2.77. The molecule has 20 heavy (non-hydrogen) atoms. The molecule has 0 aliphatic heterocycles. The molecule has 0 atom stereocenters. The van der Waals surface area contributed by atoms with Crippen molar-refractivity contribution in [3.8, 4) is 0 Å². The minimum atomic E-state index is -1.15. The molecule has 106 valence electrons. The molecule has 0 aliphatic rings. The lowest BCUT2D eigenvalue weighted by Crippen LogP contribution is -2.34. The molecule has 2 rings (SSSR count). The van der Waals surface area contributed by atoms with E-state index in [9.17, 15) is 9.59 Å². The molecular weight excluding hydrogens is 266 g/mol. The summed E-state index contributed by atoms with van der Waals surface area (Å²) in [6.07, 6.45) is 0. The third-order valence-corrected chi connectivity index (χ3v) is 2.40. The van der Waals surface area contributed by atoms with E-state index in [-0.39, 0.29) is 18.8 Å². The summed E-state index contributed by atoms with van der Waals surface area (Å²) in [6.45, 7) is 2.09. The maximum absolute atomic E-state index is 11.5. The highest BCUT2D eigenvalue weighted by molar-refractivity contribution is 5.84. The van der Waals surface area contributed by atoms with Crippen LogP contribution in [-0.2, 0) is 13.1 Å². The number of amides is 2. The lowest BCUT2D eigenvalue weighted by molar-refractivity contribution is 0.0660. The van der Waals surface area contributed by atoms with Gasteiger partial charge in [0.2, 0.25) is 5.76 Å². The van der Waals surface area contributed by atoms with Crippen LogP contribution in [0.2, 0.25) is 0 Å². The maximum atomic E-state index is 11.5. The van der Waals surface area contributed by atoms with Crippen LogP contribution in [0.15, 0.2) is 27.1 Å². The molecule has 0 aliphatic carbocycles. The summed E-state index contributed by atoms with van der Waals surface area (Å²) in [5, 5.41) is 17.5. The third kappa shape index (κ3) is 3.61. The number of carboxylic acid groups (broad SMARTS) is 1. The van der Waals surface area contributed by atoms with Crippen molar-refractivity contribution in [2.24, 2.45) is 0 Å². The van der Waals surface area contributed by atoms with Crippen molar-refractivity contribution in [1.82, 2.24) is 15.8 Å². The number of aryl methyl sites for hydroxylation is 1. The Morgan fingerprint density at radius 1 is 1.30 bits per heavy atom. The molecule has 0 unspecified atom stereocenters. The van der Waals surface area contributed by atoms with Gasteiger partial charge in [-0.05, 0) is 19.1 Å². The summed E-state index contributed by atoms with van der Waals surface area (Å²) in [7, 11) is 0. The average molecular weight is 279 g/mol. The van der Waals surface area contributed by atoms with Gasteiger partial charge in [0.25, 0.3) is 0 Å². The van der Waals surface area contributed by atoms with Crippen molar-refractivity contribution in [1.29, 1.82) is 0 Å². The Labute approximate surface area is 113 Å². The number of carboxylic acids is 1. The first-order chi connectivity index (χ1) is 9.54. The van der Waals surface area contributed by atoms with Crippen LogP contribution in [0.3, 0.4) is 0 Å². The standard InChI is InChI=1S/C12H13N3O5/c1-7-4-8(15-20-7)5-13-12(18)14-6-9-2-3-10(19-9)11(16)17/h2-4H,5-6H2,1H3,(H,16,17)(H2,13,14,18). The predicted octanol–water partition coefficient (Wildman–Crippen LogP) is 1.27. The van der Waals surface area contributed by atoms with Crippen LogP contribution in [0, 0.1) is 6.92 Å². The molecular formula is C12H13N3O5. The Morgan fingerprint density at radius 2 is 2.05 bits per heavy atom. The number of nitrogens with zero attached hydrogens (tertiary/aromatic N) is 1. The van der Waals surface area contributed by atoms with Crippen molar-refractivity contribution >= 4 is 12.0 Å². The molecule has 0 saturated carbocycles. The summed E-state index contributed by atoms with van der Waals surface area (Å²) >= 11 is 0. The van der Waals surface area contributed by atoms with Gasteiger partial charge in [-0.2, -0.15) is 0 Å². The number of hydrogen-bond acceptors (Lipinski definition) is 5. The first-order valence-corrected chi connectivity index (χ1v) is 5.80. The fourth-order valence-corrected chi connectivity index (χ4v) is 1.49. The van der Waals surface area contributed by atoms with E-state index in [1.165, 1.54) is 12.1 Å². The number of aromatic carboxylic acids is 1. The minimum Gasteiger partial charge on any atom is -0.475 e. The molecule has 2 heterocycles. The van der Waals surface area contributed by atoms with Gasteiger partial charge in [0.15, 0.2) is 0 Å². The number of furan rings is 1. The zero-order valence-corrected chi connectivity index (χ0v) is 10.7. The first kappa shape index (κ1) is 13.7. The molecule has 0 aromatic carbocycles. The van der Waals surface area contributed by atoms with Gasteiger partial charge >= 0.3 is 12.0 Å². The molecule has 8 heteroatoms. The van der Waals surface area contributed by atoms with E-state index in [0.717, 1.165) is 0 Å². The van der Waals surface area contributed by atoms with Crippen molar-refractivity contribution in [3.63, 3.8) is 0 Å². The zero-order valence-electron chi connectivity index (χ0n) is 10.7. The Kier molecular flexibility index (Phi) is 4.04. The van der Waals surface area contributed by atoms with Crippen LogP contribution in [-0.4, -0.2) is 22.3 Å². The minimum absolute atomic E-state index is 0.0942. The number of rotatable bonds is 5. The van der Waals surface area contributed by atoms with Crippen molar-refractivity contribution < 1.29 is 23.6 Å². The second-order valence-electron chi connectivity index (χ2n) is 4.04. The average Bonchev–Trinajstić information content (AvgIpc) is 3.03. The second kappa shape index (κ2) is 5.91. The second-order valence-corrected chi connectivity index (χ2v) is 4.04. The summed E-state index contributed by atoms with van der Waals surface area (Å²) in [4.78, 5) is 22.1. The topological polar surface area (TPSA) is 118 Å². The molecule has 0 radical (unpaired) electrons. The van der Waals surface area contributed by atoms with E-state index < -0.39 is 12.0 Å². The van der Waals surface area contributed by atoms with Crippen LogP contribution < -0.4 is 10.6 Å². The molecule has 2 aromatic rings. The number of carbonyl (C=O) groups excluding carboxylic acids is 1. The van der Waals surface area contributed by atoms with Gasteiger partial charge in [-0.3, -0.25) is 0 Å². The van der Waals surface area contributed by atoms with Gasteiger partial charge in [0.05, 0.1) is 13.1 Å². The van der Waals surface area contributed by atoms with E-state index in [1.807, 2.05) is 0 Å². The molecule has 0 fully saturated rings. The van der Waals surface area contributed by atoms with E-state index >= 15 is 0 Å². The summed E-state index contributed by atoms with van der Waals surface area (Å²) in [5.41, 5.74) is 0.615. The van der Waals surface area contributed by atoms with Crippen LogP contribution in [0.1, 0.15) is 27.8 Å². The lowest BCUT2D eigenvalue weighted by atomic mass is 10.4. The van der Waals surface area contributed by atoms with Gasteiger partial charge in [-0.15, -0.1) is 0 Å². The van der Waals surface area contributed by atoms with Gasteiger partial charge in [-0.25, -0.2) is 9.59 Å². The fourth-order valence-electron chi connectivity index (χ4n) is 1.49. The van der Waals surface area contributed by atoms with Gasteiger partial charge in [-0.1, -0.05) is 5.16 Å². The quantitative estimate of drug-likeness (QED) is 0.758. The molecule has 2 aromatic heterocycles. The van der Waals surface area contributed by atoms with Crippen LogP contribution in [0.25, 0.3) is 0 Å². The smallest absolute Gasteiger partial charge is 0.371 e. The van der Waals surface area contributed by atoms with Crippen molar-refractivity contribution in [2.75, 3.05) is 0 Å². The van der Waals surface area contributed by atoms with Crippen molar-refractivity contribution in [2.45, 2.75) is 20.0 Å². The van der Waals surface area contributed by atoms with Gasteiger partial charge < -0.3 is 24.7 Å². The largest absolute Gasteiger partial charge is 0.475 e. The first-order valence-electron chi connectivity index (χ1n) is 5.80. The highest BCUT2D eigenvalue weighted by Crippen LogP contribution is 2.07. The third-order valence-electron chi connectivity index (χ3n) is 2.40. The number of aromatic nitrogens is 1. The van der Waals surface area contributed by atoms with Gasteiger partial charge in [0.1, 0.15) is 17.2 Å². The number of urea groups is 1. The van der Waals surface area contributed by atoms with Gasteiger partial charge in [0, 0.05) is 6.07 Å². The summed E-state index contributed by atoms with van der Waals surface area (Å²) < 4.78 is 9.85. The normalized spacial score (nSPS) is 10.2. The SMILES string of the molecule is Cc1cc(CNC(=O)NCc2ccc(C(=O)O)o2)no1. The Balaban J connectivity index is 1.75. The summed E-state index contributed by atoms with van der Waals surface area (Å²) in [5.74, 6) is -0.295. The Bertz CT molecular complexity index is 616. The molecule has 0 bridgehead atoms. The van der Waals surface area contributed by atoms with Crippen LogP contribution >= 0.6 is 0 Å². The van der Waals surface area contributed by atoms with E-state index in [4.69, 9.17) is 14.0 Å². The highest BCUT2D eigenvalue weighted by atomic mass is 16.5. The van der Waals surface area contributed by atoms with E-state index in [1.54, 1.807) is 13.0 Å². The predicted molar refractivity (Wildman–Crippen MR) is 66.0 cm³/mol. The molecule has 3 N–H and O–H groups in total. The van der Waals surface area contributed by atoms with E-state index in [2.05, 4.69) is 15.8 Å². The van der Waals surface area contributed by atoms with E-state index in [0.29, 0.717) is 17.2 Å². The Morgan fingerprint density at radius 3 is 2.65 bits per heavy atom. The number of hydrogen-bond donors (Lipinski definition) is 3. The number of carbonyl (C=O) groups is 2. The molecule has 0 saturated heterocycles. The van der Waals surface area contributed by atoms with Crippen LogP contribution in [0.4, 0.5) is 4.79 Å². The monoisotopic (exact) mass is 279 g/mol. The molecule has 0 spiro atoms. The highest BCUT2D eigenvalue weighted by Gasteiger charge is 2.10.